The van der Waals surface area contributed by atoms with Crippen molar-refractivity contribution in [2.75, 3.05) is 24.5 Å². The van der Waals surface area contributed by atoms with Crippen molar-refractivity contribution < 1.29 is 28.0 Å². The van der Waals surface area contributed by atoms with E-state index in [-0.39, 0.29) is 36.6 Å². The maximum absolute atomic E-state index is 12.9. The summed E-state index contributed by atoms with van der Waals surface area (Å²) in [5, 5.41) is 5.02. The topological polar surface area (TPSA) is 98.8 Å². The van der Waals surface area contributed by atoms with Gasteiger partial charge in [-0.3, -0.25) is 29.4 Å². The van der Waals surface area contributed by atoms with Gasteiger partial charge in [-0.2, -0.15) is 0 Å². The third kappa shape index (κ3) is 3.79. The molecular formula is C20H22F2N4O4. The van der Waals surface area contributed by atoms with Crippen LogP contribution in [0.4, 0.5) is 14.5 Å². The fourth-order valence-electron chi connectivity index (χ4n) is 4.29. The number of benzene rings is 1. The number of rotatable bonds is 5. The molecule has 1 aromatic rings. The predicted molar refractivity (Wildman–Crippen MR) is 102 cm³/mol. The fraction of sp³-hybridized carbons (Fsp3) is 0.500. The third-order valence-corrected chi connectivity index (χ3v) is 5.77. The van der Waals surface area contributed by atoms with E-state index in [9.17, 15) is 28.0 Å². The Kier molecular flexibility index (Phi) is 5.50. The molecule has 3 aliphatic rings. The normalized spacial score (nSPS) is 24.5. The zero-order chi connectivity index (χ0) is 21.4. The molecule has 1 aromatic carbocycles. The Balaban J connectivity index is 1.52. The number of alkyl halides is 2. The van der Waals surface area contributed by atoms with Crippen LogP contribution < -0.4 is 15.5 Å². The summed E-state index contributed by atoms with van der Waals surface area (Å²) in [6.07, 6.45) is -0.646. The van der Waals surface area contributed by atoms with Gasteiger partial charge in [0.2, 0.25) is 11.8 Å². The zero-order valence-corrected chi connectivity index (χ0v) is 16.2. The summed E-state index contributed by atoms with van der Waals surface area (Å²) >= 11 is 0. The van der Waals surface area contributed by atoms with Crippen molar-refractivity contribution in [1.29, 1.82) is 0 Å². The molecule has 0 spiro atoms. The van der Waals surface area contributed by atoms with Gasteiger partial charge in [-0.05, 0) is 37.5 Å². The van der Waals surface area contributed by atoms with E-state index in [1.807, 2.05) is 4.90 Å². The van der Waals surface area contributed by atoms with Crippen LogP contribution in [-0.4, -0.2) is 66.7 Å². The molecule has 0 bridgehead atoms. The number of fused-ring (bicyclic) bond motifs is 1. The van der Waals surface area contributed by atoms with Gasteiger partial charge in [-0.15, -0.1) is 0 Å². The molecule has 2 atom stereocenters. The van der Waals surface area contributed by atoms with Gasteiger partial charge in [-0.25, -0.2) is 8.78 Å². The SMILES string of the molecule is O=C1CCC(N2C(=O)c3ccc(N4CCCC(NCC(F)F)C4)cc3C2=O)C(=O)N1. The van der Waals surface area contributed by atoms with Gasteiger partial charge < -0.3 is 10.2 Å². The van der Waals surface area contributed by atoms with Gasteiger partial charge in [0.25, 0.3) is 18.2 Å². The maximum Gasteiger partial charge on any atom is 0.262 e. The Morgan fingerprint density at radius 3 is 2.60 bits per heavy atom. The molecule has 4 rings (SSSR count). The molecule has 2 saturated heterocycles. The van der Waals surface area contributed by atoms with E-state index in [4.69, 9.17) is 0 Å². The van der Waals surface area contributed by atoms with E-state index in [0.717, 1.165) is 23.4 Å². The molecule has 8 nitrogen and oxygen atoms in total. The summed E-state index contributed by atoms with van der Waals surface area (Å²) in [5.74, 6) is -2.18. The largest absolute Gasteiger partial charge is 0.370 e. The Labute approximate surface area is 171 Å². The van der Waals surface area contributed by atoms with Gasteiger partial charge >= 0.3 is 0 Å². The first kappa shape index (κ1) is 20.4. The van der Waals surface area contributed by atoms with E-state index in [2.05, 4.69) is 10.6 Å². The third-order valence-electron chi connectivity index (χ3n) is 5.77. The first-order valence-corrected chi connectivity index (χ1v) is 9.97. The van der Waals surface area contributed by atoms with Crippen LogP contribution in [0.15, 0.2) is 18.2 Å². The first-order chi connectivity index (χ1) is 14.3. The summed E-state index contributed by atoms with van der Waals surface area (Å²) in [4.78, 5) is 52.2. The van der Waals surface area contributed by atoms with Crippen molar-refractivity contribution in [3.05, 3.63) is 29.3 Å². The van der Waals surface area contributed by atoms with E-state index in [0.29, 0.717) is 13.1 Å². The molecule has 2 N–H and O–H groups in total. The number of hydrogen-bond donors (Lipinski definition) is 2. The monoisotopic (exact) mass is 420 g/mol. The Bertz CT molecular complexity index is 907. The lowest BCUT2D eigenvalue weighted by atomic mass is 10.0. The number of hydrogen-bond acceptors (Lipinski definition) is 6. The highest BCUT2D eigenvalue weighted by Gasteiger charge is 2.44. The number of halogens is 2. The average molecular weight is 420 g/mol. The molecule has 2 unspecified atom stereocenters. The van der Waals surface area contributed by atoms with Crippen LogP contribution in [0.5, 0.6) is 0 Å². The van der Waals surface area contributed by atoms with E-state index in [1.165, 1.54) is 0 Å². The van der Waals surface area contributed by atoms with Gasteiger partial charge in [0.05, 0.1) is 17.7 Å². The lowest BCUT2D eigenvalue weighted by Crippen LogP contribution is -2.54. The molecule has 0 aromatic heterocycles. The molecule has 0 saturated carbocycles. The zero-order valence-electron chi connectivity index (χ0n) is 16.2. The summed E-state index contributed by atoms with van der Waals surface area (Å²) in [5.41, 5.74) is 1.16. The molecular weight excluding hydrogens is 398 g/mol. The first-order valence-electron chi connectivity index (χ1n) is 9.97. The number of nitrogens with one attached hydrogen (secondary N) is 2. The number of amides is 4. The van der Waals surface area contributed by atoms with Gasteiger partial charge in [0.1, 0.15) is 6.04 Å². The molecule has 4 amide bonds. The quantitative estimate of drug-likeness (QED) is 0.688. The van der Waals surface area contributed by atoms with Gasteiger partial charge in [0.15, 0.2) is 0 Å². The highest BCUT2D eigenvalue weighted by atomic mass is 19.3. The molecule has 160 valence electrons. The van der Waals surface area contributed by atoms with Crippen LogP contribution in [0.25, 0.3) is 0 Å². The number of nitrogens with zero attached hydrogens (tertiary/aromatic N) is 2. The van der Waals surface area contributed by atoms with Crippen LogP contribution in [0.2, 0.25) is 0 Å². The van der Waals surface area contributed by atoms with Gasteiger partial charge in [0, 0.05) is 31.2 Å². The van der Waals surface area contributed by atoms with Crippen molar-refractivity contribution in [2.24, 2.45) is 0 Å². The van der Waals surface area contributed by atoms with Crippen LogP contribution in [0.3, 0.4) is 0 Å². The van der Waals surface area contributed by atoms with Crippen molar-refractivity contribution in [1.82, 2.24) is 15.5 Å². The molecule has 3 aliphatic heterocycles. The summed E-state index contributed by atoms with van der Waals surface area (Å²) in [6, 6.07) is 3.83. The van der Waals surface area contributed by atoms with Crippen LogP contribution in [0, 0.1) is 0 Å². The number of piperidine rings is 2. The van der Waals surface area contributed by atoms with Crippen LogP contribution >= 0.6 is 0 Å². The molecule has 2 fully saturated rings. The van der Waals surface area contributed by atoms with Gasteiger partial charge in [-0.1, -0.05) is 0 Å². The highest BCUT2D eigenvalue weighted by molar-refractivity contribution is 6.23. The van der Waals surface area contributed by atoms with E-state index >= 15 is 0 Å². The van der Waals surface area contributed by atoms with Crippen LogP contribution in [0.1, 0.15) is 46.4 Å². The second kappa shape index (κ2) is 8.10. The molecule has 3 heterocycles. The van der Waals surface area contributed by atoms with Crippen molar-refractivity contribution in [2.45, 2.75) is 44.2 Å². The smallest absolute Gasteiger partial charge is 0.262 e. The van der Waals surface area contributed by atoms with E-state index < -0.39 is 36.1 Å². The lowest BCUT2D eigenvalue weighted by molar-refractivity contribution is -0.136. The molecule has 10 heteroatoms. The average Bonchev–Trinajstić information content (AvgIpc) is 2.97. The predicted octanol–water partition coefficient (Wildman–Crippen LogP) is 0.911. The Hall–Kier alpha value is -2.88. The number of anilines is 1. The van der Waals surface area contributed by atoms with Crippen molar-refractivity contribution >= 4 is 29.3 Å². The lowest BCUT2D eigenvalue weighted by Gasteiger charge is -2.35. The van der Waals surface area contributed by atoms with Crippen molar-refractivity contribution in [3.63, 3.8) is 0 Å². The fourth-order valence-corrected chi connectivity index (χ4v) is 4.29. The summed E-state index contributed by atoms with van der Waals surface area (Å²) in [6.45, 7) is 0.867. The second-order valence-electron chi connectivity index (χ2n) is 7.76. The minimum atomic E-state index is -2.41. The number of carbonyl (C=O) groups excluding carboxylic acids is 4. The number of carbonyl (C=O) groups is 4. The Morgan fingerprint density at radius 2 is 1.87 bits per heavy atom. The maximum atomic E-state index is 12.9. The summed E-state index contributed by atoms with van der Waals surface area (Å²) in [7, 11) is 0. The Morgan fingerprint density at radius 1 is 1.10 bits per heavy atom. The standard InChI is InChI=1S/C20H22F2N4O4/c21-16(22)9-23-11-2-1-7-25(10-11)12-3-4-13-14(8-12)20(30)26(19(13)29)15-5-6-17(27)24-18(15)28/h3-4,8,11,15-16,23H,1-2,5-7,9-10H2,(H,24,27,28). The molecule has 0 radical (unpaired) electrons. The molecule has 0 aliphatic carbocycles. The number of imide groups is 2. The van der Waals surface area contributed by atoms with Crippen LogP contribution in [-0.2, 0) is 9.59 Å². The molecule has 30 heavy (non-hydrogen) atoms. The second-order valence-corrected chi connectivity index (χ2v) is 7.76. The minimum absolute atomic E-state index is 0.0653. The highest BCUT2D eigenvalue weighted by Crippen LogP contribution is 2.31. The van der Waals surface area contributed by atoms with E-state index in [1.54, 1.807) is 18.2 Å². The van der Waals surface area contributed by atoms with Crippen molar-refractivity contribution in [3.8, 4) is 0 Å². The summed E-state index contributed by atoms with van der Waals surface area (Å²) < 4.78 is 25.0. The minimum Gasteiger partial charge on any atom is -0.370 e.